The highest BCUT2D eigenvalue weighted by Gasteiger charge is 2.29. The molecule has 0 radical (unpaired) electrons. The monoisotopic (exact) mass is 246 g/mol. The maximum absolute atomic E-state index is 11.4. The van der Waals surface area contributed by atoms with Crippen molar-refractivity contribution in [1.82, 2.24) is 5.32 Å². The Balaban J connectivity index is 3.88. The van der Waals surface area contributed by atoms with Gasteiger partial charge in [0.1, 0.15) is 5.54 Å². The van der Waals surface area contributed by atoms with Gasteiger partial charge < -0.3 is 11.1 Å². The molecule has 0 aromatic rings. The third-order valence-corrected chi connectivity index (χ3v) is 3.95. The number of amides is 1. The molecule has 0 saturated heterocycles. The van der Waals surface area contributed by atoms with E-state index in [9.17, 15) is 4.79 Å². The normalized spacial score (nSPS) is 14.7. The number of primary amides is 1. The maximum atomic E-state index is 11.4. The number of carbonyl (C=O) groups excluding carboxylic acids is 1. The first-order valence-electron chi connectivity index (χ1n) is 6.19. The van der Waals surface area contributed by atoms with Crippen LogP contribution in [0.4, 0.5) is 0 Å². The van der Waals surface area contributed by atoms with Crippen LogP contribution < -0.4 is 11.1 Å². The van der Waals surface area contributed by atoms with Crippen molar-refractivity contribution in [1.29, 1.82) is 0 Å². The van der Waals surface area contributed by atoms with Gasteiger partial charge >= 0.3 is 0 Å². The predicted molar refractivity (Wildman–Crippen MR) is 72.7 cm³/mol. The van der Waals surface area contributed by atoms with E-state index in [-0.39, 0.29) is 5.91 Å². The average Bonchev–Trinajstić information content (AvgIpc) is 2.26. The van der Waals surface area contributed by atoms with E-state index in [1.165, 1.54) is 19.3 Å². The molecule has 3 N–H and O–H groups in total. The minimum atomic E-state index is -0.549. The molecule has 1 amide bonds. The molecule has 3 nitrogen and oxygen atoms in total. The van der Waals surface area contributed by atoms with Crippen molar-refractivity contribution in [3.05, 3.63) is 0 Å². The van der Waals surface area contributed by atoms with E-state index >= 15 is 0 Å². The van der Waals surface area contributed by atoms with Crippen LogP contribution in [0.15, 0.2) is 0 Å². The topological polar surface area (TPSA) is 55.1 Å². The van der Waals surface area contributed by atoms with Crippen molar-refractivity contribution in [2.45, 2.75) is 52.0 Å². The molecule has 0 bridgehead atoms. The number of unbranched alkanes of at least 4 members (excludes halogenated alkanes) is 2. The van der Waals surface area contributed by atoms with Gasteiger partial charge in [0.15, 0.2) is 0 Å². The highest BCUT2D eigenvalue weighted by molar-refractivity contribution is 7.99. The second-order valence-corrected chi connectivity index (χ2v) is 5.49. The summed E-state index contributed by atoms with van der Waals surface area (Å²) in [6.45, 7) is 7.02. The van der Waals surface area contributed by atoms with E-state index in [2.05, 4.69) is 19.2 Å². The van der Waals surface area contributed by atoms with Gasteiger partial charge in [-0.1, -0.05) is 26.7 Å². The lowest BCUT2D eigenvalue weighted by Crippen LogP contribution is -2.55. The first-order chi connectivity index (χ1) is 7.56. The number of hydrogen-bond donors (Lipinski definition) is 2. The van der Waals surface area contributed by atoms with Gasteiger partial charge in [-0.25, -0.2) is 0 Å². The van der Waals surface area contributed by atoms with Crippen LogP contribution in [0.25, 0.3) is 0 Å². The van der Waals surface area contributed by atoms with Crippen LogP contribution in [-0.4, -0.2) is 29.5 Å². The van der Waals surface area contributed by atoms with Crippen LogP contribution in [0.1, 0.15) is 46.5 Å². The molecule has 0 spiro atoms. The summed E-state index contributed by atoms with van der Waals surface area (Å²) in [5.41, 5.74) is 4.89. The molecule has 0 aromatic heterocycles. The summed E-state index contributed by atoms with van der Waals surface area (Å²) in [5, 5.41) is 3.24. The fourth-order valence-corrected chi connectivity index (χ4v) is 2.55. The van der Waals surface area contributed by atoms with Gasteiger partial charge in [-0.2, -0.15) is 11.8 Å². The van der Waals surface area contributed by atoms with Crippen LogP contribution in [0.2, 0.25) is 0 Å². The molecule has 0 aliphatic heterocycles. The minimum absolute atomic E-state index is 0.246. The van der Waals surface area contributed by atoms with E-state index in [4.69, 9.17) is 5.73 Å². The molecule has 1 atom stereocenters. The molecule has 0 saturated carbocycles. The Bertz CT molecular complexity index is 199. The van der Waals surface area contributed by atoms with Gasteiger partial charge in [0.25, 0.3) is 0 Å². The van der Waals surface area contributed by atoms with Crippen molar-refractivity contribution in [3.8, 4) is 0 Å². The second-order valence-electron chi connectivity index (χ2n) is 4.38. The number of nitrogens with two attached hydrogens (primary N) is 1. The fraction of sp³-hybridized carbons (Fsp3) is 0.917. The predicted octanol–water partition coefficient (Wildman–Crippen LogP) is 2.15. The smallest absolute Gasteiger partial charge is 0.238 e. The standard InChI is InChI=1S/C12H26N2OS/c1-4-6-7-9-16-10-12(3,11(13)15)14-8-5-2/h14H,4-10H2,1-3H3,(H2,13,15). The average molecular weight is 246 g/mol. The van der Waals surface area contributed by atoms with Crippen LogP contribution in [0.5, 0.6) is 0 Å². The van der Waals surface area contributed by atoms with Crippen molar-refractivity contribution < 1.29 is 4.79 Å². The van der Waals surface area contributed by atoms with Crippen LogP contribution in [0.3, 0.4) is 0 Å². The molecular formula is C12H26N2OS. The lowest BCUT2D eigenvalue weighted by Gasteiger charge is -2.27. The Morgan fingerprint density at radius 2 is 2.00 bits per heavy atom. The fourth-order valence-electron chi connectivity index (χ4n) is 1.34. The van der Waals surface area contributed by atoms with E-state index < -0.39 is 5.54 Å². The summed E-state index contributed by atoms with van der Waals surface area (Å²) in [6.07, 6.45) is 4.75. The Hall–Kier alpha value is -0.220. The zero-order chi connectivity index (χ0) is 12.4. The molecule has 96 valence electrons. The molecule has 0 aliphatic carbocycles. The lowest BCUT2D eigenvalue weighted by atomic mass is 10.1. The van der Waals surface area contributed by atoms with Gasteiger partial charge in [0, 0.05) is 5.75 Å². The molecule has 0 aromatic carbocycles. The molecule has 16 heavy (non-hydrogen) atoms. The van der Waals surface area contributed by atoms with Gasteiger partial charge in [-0.15, -0.1) is 0 Å². The molecule has 0 rings (SSSR count). The zero-order valence-corrected chi connectivity index (χ0v) is 11.7. The third-order valence-electron chi connectivity index (χ3n) is 2.59. The van der Waals surface area contributed by atoms with Gasteiger partial charge in [-0.3, -0.25) is 4.79 Å². The van der Waals surface area contributed by atoms with Crippen molar-refractivity contribution in [3.63, 3.8) is 0 Å². The highest BCUT2D eigenvalue weighted by Crippen LogP contribution is 2.15. The summed E-state index contributed by atoms with van der Waals surface area (Å²) in [5.74, 6) is 1.64. The van der Waals surface area contributed by atoms with Crippen molar-refractivity contribution in [2.75, 3.05) is 18.1 Å². The van der Waals surface area contributed by atoms with Gasteiger partial charge in [0.2, 0.25) is 5.91 Å². The number of rotatable bonds is 10. The number of hydrogen-bond acceptors (Lipinski definition) is 3. The molecule has 0 aliphatic rings. The van der Waals surface area contributed by atoms with E-state index in [1.807, 2.05) is 18.7 Å². The van der Waals surface area contributed by atoms with Crippen LogP contribution in [0, 0.1) is 0 Å². The lowest BCUT2D eigenvalue weighted by molar-refractivity contribution is -0.122. The molecule has 1 unspecified atom stereocenters. The van der Waals surface area contributed by atoms with Gasteiger partial charge in [0.05, 0.1) is 0 Å². The van der Waals surface area contributed by atoms with Crippen molar-refractivity contribution >= 4 is 17.7 Å². The highest BCUT2D eigenvalue weighted by atomic mass is 32.2. The molecule has 0 fully saturated rings. The second kappa shape index (κ2) is 8.88. The SMILES string of the molecule is CCCCCSCC(C)(NCCC)C(N)=O. The summed E-state index contributed by atoms with van der Waals surface area (Å²) in [4.78, 5) is 11.4. The maximum Gasteiger partial charge on any atom is 0.238 e. The van der Waals surface area contributed by atoms with E-state index in [0.29, 0.717) is 0 Å². The van der Waals surface area contributed by atoms with E-state index in [1.54, 1.807) is 0 Å². The first-order valence-corrected chi connectivity index (χ1v) is 7.35. The number of carbonyl (C=O) groups is 1. The number of nitrogens with one attached hydrogen (secondary N) is 1. The summed E-state index contributed by atoms with van der Waals surface area (Å²) in [6, 6.07) is 0. The van der Waals surface area contributed by atoms with Crippen LogP contribution >= 0.6 is 11.8 Å². The third kappa shape index (κ3) is 6.38. The summed E-state index contributed by atoms with van der Waals surface area (Å²) < 4.78 is 0. The minimum Gasteiger partial charge on any atom is -0.368 e. The summed E-state index contributed by atoms with van der Waals surface area (Å²) >= 11 is 1.82. The summed E-state index contributed by atoms with van der Waals surface area (Å²) in [7, 11) is 0. The molecule has 0 heterocycles. The number of thioether (sulfide) groups is 1. The first kappa shape index (κ1) is 15.8. The van der Waals surface area contributed by atoms with Gasteiger partial charge in [-0.05, 0) is 32.1 Å². The Morgan fingerprint density at radius 1 is 1.31 bits per heavy atom. The Kier molecular flexibility index (Phi) is 8.76. The molecular weight excluding hydrogens is 220 g/mol. The van der Waals surface area contributed by atoms with E-state index in [0.717, 1.165) is 24.5 Å². The largest absolute Gasteiger partial charge is 0.368 e. The molecule has 4 heteroatoms. The van der Waals surface area contributed by atoms with Crippen molar-refractivity contribution in [2.24, 2.45) is 5.73 Å². The van der Waals surface area contributed by atoms with Crippen LogP contribution in [-0.2, 0) is 4.79 Å². The Morgan fingerprint density at radius 3 is 2.50 bits per heavy atom. The quantitative estimate of drug-likeness (QED) is 0.581. The Labute approximate surface area is 104 Å². The zero-order valence-electron chi connectivity index (χ0n) is 10.8.